The van der Waals surface area contributed by atoms with Gasteiger partial charge >= 0.3 is 12.1 Å². The lowest BCUT2D eigenvalue weighted by molar-refractivity contribution is -0.138. The number of carboxylic acids is 1. The molecular weight excluding hydrogens is 429 g/mol. The number of fused-ring (bicyclic) bond motifs is 1. The topological polar surface area (TPSA) is 52.9 Å². The number of benzene rings is 2. The summed E-state index contributed by atoms with van der Waals surface area (Å²) in [6.07, 6.45) is 0.158. The van der Waals surface area contributed by atoms with Crippen molar-refractivity contribution < 1.29 is 23.1 Å². The van der Waals surface area contributed by atoms with E-state index in [-0.39, 0.29) is 12.0 Å². The second-order valence-corrected chi connectivity index (χ2v) is 8.48. The Balaban J connectivity index is 1.42. The second-order valence-electron chi connectivity index (χ2n) is 8.48. The van der Waals surface area contributed by atoms with Crippen LogP contribution >= 0.6 is 0 Å². The first kappa shape index (κ1) is 21.4. The van der Waals surface area contributed by atoms with Crippen LogP contribution in [0.1, 0.15) is 24.0 Å². The van der Waals surface area contributed by atoms with Gasteiger partial charge in [0.05, 0.1) is 23.4 Å². The van der Waals surface area contributed by atoms with Gasteiger partial charge in [-0.1, -0.05) is 42.5 Å². The van der Waals surface area contributed by atoms with E-state index < -0.39 is 17.7 Å². The molecule has 0 bridgehead atoms. The van der Waals surface area contributed by atoms with Crippen LogP contribution in [0.15, 0.2) is 88.1 Å². The van der Waals surface area contributed by atoms with Gasteiger partial charge in [0.15, 0.2) is 0 Å². The maximum atomic E-state index is 13.9. The highest BCUT2D eigenvalue weighted by atomic mass is 19.4. The summed E-state index contributed by atoms with van der Waals surface area (Å²) in [5.41, 5.74) is 5.10. The smallest absolute Gasteiger partial charge is 0.417 e. The van der Waals surface area contributed by atoms with Crippen molar-refractivity contribution in [2.45, 2.75) is 19.0 Å². The third kappa shape index (κ3) is 4.28. The number of allylic oxidation sites excluding steroid dienone is 2. The Labute approximate surface area is 189 Å². The van der Waals surface area contributed by atoms with Crippen LogP contribution in [-0.4, -0.2) is 41.3 Å². The first-order valence-corrected chi connectivity index (χ1v) is 10.7. The number of aliphatic imine (C=N–C) groups is 1. The number of alkyl halides is 3. The Kier molecular flexibility index (Phi) is 5.29. The summed E-state index contributed by atoms with van der Waals surface area (Å²) >= 11 is 0. The lowest BCUT2D eigenvalue weighted by atomic mass is 9.93. The molecule has 2 aliphatic heterocycles. The molecule has 1 aliphatic carbocycles. The van der Waals surface area contributed by atoms with Gasteiger partial charge in [-0.25, -0.2) is 4.99 Å². The molecular formula is C26H21F3N2O2. The molecule has 0 spiro atoms. The van der Waals surface area contributed by atoms with Crippen molar-refractivity contribution in [3.63, 3.8) is 0 Å². The van der Waals surface area contributed by atoms with Crippen LogP contribution in [0, 0.1) is 0 Å². The number of hydrogen-bond donors (Lipinski definition) is 1. The molecule has 2 heterocycles. The number of carboxylic acid groups (broad SMARTS) is 1. The van der Waals surface area contributed by atoms with E-state index in [9.17, 15) is 18.0 Å². The highest BCUT2D eigenvalue weighted by Crippen LogP contribution is 2.40. The molecule has 0 atom stereocenters. The van der Waals surface area contributed by atoms with Crippen molar-refractivity contribution >= 4 is 11.7 Å². The zero-order valence-corrected chi connectivity index (χ0v) is 17.7. The fraction of sp³-hybridized carbons (Fsp3) is 0.231. The summed E-state index contributed by atoms with van der Waals surface area (Å²) in [5, 5.41) is 8.90. The highest BCUT2D eigenvalue weighted by molar-refractivity contribution is 6.12. The van der Waals surface area contributed by atoms with E-state index in [0.29, 0.717) is 42.9 Å². The molecule has 3 aliphatic rings. The summed E-state index contributed by atoms with van der Waals surface area (Å²) in [6.45, 7) is 1.88. The number of halogens is 3. The number of nitrogens with zero attached hydrogens (tertiary/aromatic N) is 2. The van der Waals surface area contributed by atoms with Crippen molar-refractivity contribution in [1.82, 2.24) is 4.90 Å². The van der Waals surface area contributed by atoms with E-state index in [4.69, 9.17) is 5.11 Å². The minimum atomic E-state index is -4.48. The zero-order chi connectivity index (χ0) is 23.2. The van der Waals surface area contributed by atoms with Crippen LogP contribution in [-0.2, 0) is 11.0 Å². The molecule has 0 aromatic heterocycles. The van der Waals surface area contributed by atoms with E-state index in [1.54, 1.807) is 36.4 Å². The van der Waals surface area contributed by atoms with Crippen molar-refractivity contribution in [2.75, 3.05) is 19.6 Å². The average molecular weight is 450 g/mol. The maximum Gasteiger partial charge on any atom is 0.417 e. The summed E-state index contributed by atoms with van der Waals surface area (Å²) < 4.78 is 41.7. The first-order chi connectivity index (χ1) is 15.8. The lowest BCUT2D eigenvalue weighted by Gasteiger charge is -2.14. The Bertz CT molecular complexity index is 1250. The fourth-order valence-electron chi connectivity index (χ4n) is 4.60. The summed E-state index contributed by atoms with van der Waals surface area (Å²) in [4.78, 5) is 17.6. The molecule has 0 saturated heterocycles. The molecule has 0 unspecified atom stereocenters. The third-order valence-corrected chi connectivity index (χ3v) is 6.21. The zero-order valence-electron chi connectivity index (χ0n) is 17.7. The molecule has 0 fully saturated rings. The monoisotopic (exact) mass is 450 g/mol. The van der Waals surface area contributed by atoms with E-state index in [2.05, 4.69) is 9.89 Å². The largest absolute Gasteiger partial charge is 0.481 e. The summed E-state index contributed by atoms with van der Waals surface area (Å²) in [5.74, 6) is -0.816. The molecule has 0 radical (unpaired) electrons. The Morgan fingerprint density at radius 2 is 1.82 bits per heavy atom. The van der Waals surface area contributed by atoms with Gasteiger partial charge in [0.25, 0.3) is 0 Å². The summed E-state index contributed by atoms with van der Waals surface area (Å²) in [7, 11) is 0. The Morgan fingerprint density at radius 1 is 1.03 bits per heavy atom. The van der Waals surface area contributed by atoms with Gasteiger partial charge in [0.2, 0.25) is 0 Å². The van der Waals surface area contributed by atoms with Crippen LogP contribution in [0.25, 0.3) is 11.1 Å². The number of aliphatic carboxylic acids is 1. The lowest BCUT2D eigenvalue weighted by Crippen LogP contribution is -2.24. The molecule has 0 amide bonds. The predicted molar refractivity (Wildman–Crippen MR) is 120 cm³/mol. The molecule has 168 valence electrons. The van der Waals surface area contributed by atoms with Crippen molar-refractivity contribution in [2.24, 2.45) is 4.99 Å². The molecule has 5 rings (SSSR count). The van der Waals surface area contributed by atoms with Crippen LogP contribution in [0.2, 0.25) is 0 Å². The third-order valence-electron chi connectivity index (χ3n) is 6.21. The van der Waals surface area contributed by atoms with E-state index in [1.807, 2.05) is 12.2 Å². The van der Waals surface area contributed by atoms with Gasteiger partial charge in [-0.3, -0.25) is 9.69 Å². The van der Waals surface area contributed by atoms with Gasteiger partial charge in [0, 0.05) is 25.2 Å². The quantitative estimate of drug-likeness (QED) is 0.657. The van der Waals surface area contributed by atoms with E-state index in [1.165, 1.54) is 17.7 Å². The normalized spacial score (nSPS) is 18.0. The molecule has 0 saturated carbocycles. The minimum Gasteiger partial charge on any atom is -0.481 e. The van der Waals surface area contributed by atoms with Crippen molar-refractivity contribution in [1.29, 1.82) is 0 Å². The number of carbonyl (C=O) groups is 1. The van der Waals surface area contributed by atoms with Crippen molar-refractivity contribution in [3.05, 3.63) is 94.2 Å². The van der Waals surface area contributed by atoms with E-state index in [0.717, 1.165) is 16.8 Å². The van der Waals surface area contributed by atoms with Crippen LogP contribution < -0.4 is 0 Å². The van der Waals surface area contributed by atoms with Crippen molar-refractivity contribution in [3.8, 4) is 11.1 Å². The van der Waals surface area contributed by atoms with Gasteiger partial charge in [-0.15, -0.1) is 0 Å². The molecule has 7 heteroatoms. The fourth-order valence-corrected chi connectivity index (χ4v) is 4.60. The molecule has 1 N–H and O–H groups in total. The maximum absolute atomic E-state index is 13.9. The average Bonchev–Trinajstić information content (AvgIpc) is 3.38. The summed E-state index contributed by atoms with van der Waals surface area (Å²) in [6, 6.07) is 13.0. The van der Waals surface area contributed by atoms with Gasteiger partial charge in [0.1, 0.15) is 0 Å². The molecule has 2 aromatic rings. The van der Waals surface area contributed by atoms with Crippen LogP contribution in [0.4, 0.5) is 13.2 Å². The van der Waals surface area contributed by atoms with Gasteiger partial charge < -0.3 is 5.11 Å². The second kappa shape index (κ2) is 8.15. The molecule has 4 nitrogen and oxygen atoms in total. The van der Waals surface area contributed by atoms with Crippen LogP contribution in [0.3, 0.4) is 0 Å². The first-order valence-electron chi connectivity index (χ1n) is 10.7. The SMILES string of the molecule is O=C(O)CCN1CC2=C(CC3=CC(c4ccc(-c5ccccc5)c(C(F)(F)F)c4)=NC3=C2)C1. The van der Waals surface area contributed by atoms with E-state index >= 15 is 0 Å². The number of rotatable bonds is 5. The Morgan fingerprint density at radius 3 is 2.55 bits per heavy atom. The molecule has 33 heavy (non-hydrogen) atoms. The minimum absolute atomic E-state index is 0.0998. The van der Waals surface area contributed by atoms with Gasteiger partial charge in [-0.05, 0) is 52.5 Å². The molecule has 2 aromatic carbocycles. The van der Waals surface area contributed by atoms with Gasteiger partial charge in [-0.2, -0.15) is 13.2 Å². The van der Waals surface area contributed by atoms with Crippen LogP contribution in [0.5, 0.6) is 0 Å². The number of hydrogen-bond acceptors (Lipinski definition) is 3. The highest BCUT2D eigenvalue weighted by Gasteiger charge is 2.35. The predicted octanol–water partition coefficient (Wildman–Crippen LogP) is 5.48. The Hall–Kier alpha value is -3.45. The standard InChI is InChI=1S/C26H21F3N2O2/c27-26(28,29)22-11-17(6-7-21(22)16-4-2-1-3-5-16)23-12-18-10-19-14-31(9-8-25(32)33)15-20(19)13-24(18)30-23/h1-7,11-13H,8-10,14-15H2,(H,32,33).